The molecule has 0 radical (unpaired) electrons. The number of carbonyl (C=O) groups excluding carboxylic acids is 4. The number of ketones is 2. The van der Waals surface area contributed by atoms with E-state index < -0.39 is 58.2 Å². The van der Waals surface area contributed by atoms with Crippen molar-refractivity contribution in [3.05, 3.63) is 0 Å². The standard InChI is InChI=1S/C26H36O8/c1-8-25-11-16(33-20(29)23(2,3)4)26-15(28)10-14(32-22(26)34-21(30)24(5,6)7)18(26)17(25)13-9-12(27)19(25)31-13/h13-14,16-19,22H,8-11H2,1-7H3/t13-,14-,16+,17+,18+,19+,22+,25-,26-/m0/s1. The molecule has 5 aliphatic rings. The Morgan fingerprint density at radius 2 is 1.50 bits per heavy atom. The average Bonchev–Trinajstić information content (AvgIpc) is 3.41. The number of esters is 2. The highest BCUT2D eigenvalue weighted by molar-refractivity contribution is 5.93. The van der Waals surface area contributed by atoms with Crippen LogP contribution in [0.2, 0.25) is 0 Å². The van der Waals surface area contributed by atoms with Gasteiger partial charge in [-0.1, -0.05) is 6.92 Å². The van der Waals surface area contributed by atoms with Crippen molar-refractivity contribution in [3.8, 4) is 0 Å². The topological polar surface area (TPSA) is 105 Å². The third-order valence-electron chi connectivity index (χ3n) is 8.93. The van der Waals surface area contributed by atoms with Crippen LogP contribution < -0.4 is 0 Å². The summed E-state index contributed by atoms with van der Waals surface area (Å²) in [6.45, 7) is 12.5. The highest BCUT2D eigenvalue weighted by atomic mass is 16.7. The van der Waals surface area contributed by atoms with Crippen LogP contribution >= 0.6 is 0 Å². The molecule has 34 heavy (non-hydrogen) atoms. The Hall–Kier alpha value is -1.80. The van der Waals surface area contributed by atoms with E-state index in [0.717, 1.165) is 0 Å². The molecule has 3 saturated heterocycles. The first-order chi connectivity index (χ1) is 15.7. The SMILES string of the molecule is CC[C@]12C[C@@H](OC(=O)C(C)(C)C)[C@]34C(=O)C[C@H](O[C@@H]3OC(=O)C(C)(C)C)[C@@H]4[C@H]1[C@@H]1CC(=O)[C@H]2O1. The van der Waals surface area contributed by atoms with Gasteiger partial charge in [-0.15, -0.1) is 0 Å². The molecular formula is C26H36O8. The molecule has 5 rings (SSSR count). The van der Waals surface area contributed by atoms with E-state index in [-0.39, 0.29) is 35.9 Å². The van der Waals surface area contributed by atoms with Crippen LogP contribution in [0.3, 0.4) is 0 Å². The van der Waals surface area contributed by atoms with Gasteiger partial charge < -0.3 is 18.9 Å². The minimum atomic E-state index is -1.29. The normalized spacial score (nSPS) is 44.7. The van der Waals surface area contributed by atoms with Gasteiger partial charge in [0.1, 0.15) is 17.6 Å². The van der Waals surface area contributed by atoms with E-state index in [1.165, 1.54) is 0 Å². The fourth-order valence-electron chi connectivity index (χ4n) is 7.32. The first-order valence-corrected chi connectivity index (χ1v) is 12.5. The molecule has 9 atom stereocenters. The maximum Gasteiger partial charge on any atom is 0.313 e. The molecule has 0 aromatic carbocycles. The van der Waals surface area contributed by atoms with E-state index in [9.17, 15) is 19.2 Å². The molecule has 188 valence electrons. The van der Waals surface area contributed by atoms with Crippen LogP contribution in [-0.4, -0.2) is 54.2 Å². The highest BCUT2D eigenvalue weighted by Gasteiger charge is 2.82. The molecule has 0 N–H and O–H groups in total. The van der Waals surface area contributed by atoms with E-state index in [1.807, 2.05) is 6.92 Å². The second-order valence-corrected chi connectivity index (χ2v) is 12.9. The van der Waals surface area contributed by atoms with E-state index in [0.29, 0.717) is 19.3 Å². The molecule has 0 aromatic heterocycles. The number of fused-ring (bicyclic) bond motifs is 5. The molecule has 0 unspecified atom stereocenters. The zero-order valence-electron chi connectivity index (χ0n) is 21.1. The molecule has 0 spiro atoms. The molecule has 5 fully saturated rings. The third kappa shape index (κ3) is 2.90. The van der Waals surface area contributed by atoms with Gasteiger partial charge in [-0.2, -0.15) is 0 Å². The Kier molecular flexibility index (Phi) is 5.01. The summed E-state index contributed by atoms with van der Waals surface area (Å²) in [4.78, 5) is 52.6. The Morgan fingerprint density at radius 3 is 2.09 bits per heavy atom. The van der Waals surface area contributed by atoms with Gasteiger partial charge in [0.2, 0.25) is 6.29 Å². The Bertz CT molecular complexity index is 957. The molecule has 0 aromatic rings. The van der Waals surface area contributed by atoms with Crippen LogP contribution in [0.1, 0.15) is 74.1 Å². The van der Waals surface area contributed by atoms with Crippen LogP contribution in [0.5, 0.6) is 0 Å². The smallest absolute Gasteiger partial charge is 0.313 e. The summed E-state index contributed by atoms with van der Waals surface area (Å²) in [6, 6.07) is 0. The van der Waals surface area contributed by atoms with Crippen molar-refractivity contribution in [1.82, 2.24) is 0 Å². The molecular weight excluding hydrogens is 440 g/mol. The quantitative estimate of drug-likeness (QED) is 0.573. The van der Waals surface area contributed by atoms with Crippen molar-refractivity contribution in [2.45, 2.75) is 105 Å². The summed E-state index contributed by atoms with van der Waals surface area (Å²) in [5.41, 5.74) is -3.40. The second-order valence-electron chi connectivity index (χ2n) is 12.9. The number of Topliss-reactive ketones (excluding diaryl/α,β-unsaturated/α-hetero) is 2. The van der Waals surface area contributed by atoms with Gasteiger partial charge in [-0.3, -0.25) is 19.2 Å². The number of hydrogen-bond donors (Lipinski definition) is 0. The summed E-state index contributed by atoms with van der Waals surface area (Å²) in [6.07, 6.45) is -1.84. The van der Waals surface area contributed by atoms with Crippen molar-refractivity contribution in [2.24, 2.45) is 33.5 Å². The van der Waals surface area contributed by atoms with Gasteiger partial charge >= 0.3 is 11.9 Å². The minimum absolute atomic E-state index is 0.0771. The monoisotopic (exact) mass is 476 g/mol. The lowest BCUT2D eigenvalue weighted by atomic mass is 9.47. The lowest BCUT2D eigenvalue weighted by Gasteiger charge is -2.55. The molecule has 4 bridgehead atoms. The number of ether oxygens (including phenoxy) is 4. The summed E-state index contributed by atoms with van der Waals surface area (Å²) in [7, 11) is 0. The first-order valence-electron chi connectivity index (χ1n) is 12.5. The minimum Gasteiger partial charge on any atom is -0.461 e. The summed E-state index contributed by atoms with van der Waals surface area (Å²) in [5, 5.41) is 0. The molecule has 3 heterocycles. The zero-order valence-corrected chi connectivity index (χ0v) is 21.1. The zero-order chi connectivity index (χ0) is 25.0. The molecule has 2 saturated carbocycles. The Labute approximate surface area is 200 Å². The molecule has 8 nitrogen and oxygen atoms in total. The second kappa shape index (κ2) is 7.12. The van der Waals surface area contributed by atoms with E-state index in [1.54, 1.807) is 41.5 Å². The lowest BCUT2D eigenvalue weighted by Crippen LogP contribution is -2.65. The summed E-state index contributed by atoms with van der Waals surface area (Å²) < 4.78 is 24.5. The first kappa shape index (κ1) is 23.9. The van der Waals surface area contributed by atoms with Gasteiger partial charge in [0.05, 0.1) is 23.0 Å². The van der Waals surface area contributed by atoms with Gasteiger partial charge in [-0.25, -0.2) is 0 Å². The van der Waals surface area contributed by atoms with Crippen LogP contribution in [0.4, 0.5) is 0 Å². The third-order valence-corrected chi connectivity index (χ3v) is 8.93. The van der Waals surface area contributed by atoms with Gasteiger partial charge in [0, 0.05) is 30.1 Å². The van der Waals surface area contributed by atoms with Crippen molar-refractivity contribution < 1.29 is 38.1 Å². The van der Waals surface area contributed by atoms with E-state index in [4.69, 9.17) is 18.9 Å². The van der Waals surface area contributed by atoms with Crippen molar-refractivity contribution in [2.75, 3.05) is 0 Å². The van der Waals surface area contributed by atoms with E-state index in [2.05, 4.69) is 0 Å². The Balaban J connectivity index is 1.63. The Morgan fingerprint density at radius 1 is 0.912 bits per heavy atom. The van der Waals surface area contributed by atoms with Crippen LogP contribution in [-0.2, 0) is 38.1 Å². The number of rotatable bonds is 3. The lowest BCUT2D eigenvalue weighted by molar-refractivity contribution is -0.234. The fourth-order valence-corrected chi connectivity index (χ4v) is 7.32. The maximum atomic E-state index is 13.8. The molecule has 8 heteroatoms. The molecule has 2 aliphatic carbocycles. The number of hydrogen-bond acceptors (Lipinski definition) is 8. The van der Waals surface area contributed by atoms with Crippen molar-refractivity contribution in [3.63, 3.8) is 0 Å². The average molecular weight is 477 g/mol. The molecule has 0 amide bonds. The number of carbonyl (C=O) groups is 4. The highest BCUT2D eigenvalue weighted by Crippen LogP contribution is 2.72. The summed E-state index contributed by atoms with van der Waals surface area (Å²) in [5.74, 6) is -1.36. The molecule has 3 aliphatic heterocycles. The maximum absolute atomic E-state index is 13.8. The van der Waals surface area contributed by atoms with Crippen LogP contribution in [0.25, 0.3) is 0 Å². The van der Waals surface area contributed by atoms with E-state index >= 15 is 0 Å². The summed E-state index contributed by atoms with van der Waals surface area (Å²) >= 11 is 0. The van der Waals surface area contributed by atoms with Gasteiger partial charge in [-0.05, 0) is 54.4 Å². The van der Waals surface area contributed by atoms with Crippen molar-refractivity contribution >= 4 is 23.5 Å². The fraction of sp³-hybridized carbons (Fsp3) is 0.846. The van der Waals surface area contributed by atoms with Crippen molar-refractivity contribution in [1.29, 1.82) is 0 Å². The van der Waals surface area contributed by atoms with Gasteiger partial charge in [0.15, 0.2) is 11.6 Å². The predicted octanol–water partition coefficient (Wildman–Crippen LogP) is 2.99. The van der Waals surface area contributed by atoms with Crippen LogP contribution in [0.15, 0.2) is 0 Å². The largest absolute Gasteiger partial charge is 0.461 e. The van der Waals surface area contributed by atoms with Crippen LogP contribution in [0, 0.1) is 33.5 Å². The van der Waals surface area contributed by atoms with Gasteiger partial charge in [0.25, 0.3) is 0 Å². The predicted molar refractivity (Wildman–Crippen MR) is 118 cm³/mol.